The van der Waals surface area contributed by atoms with Gasteiger partial charge in [-0.25, -0.2) is 8.42 Å². The molecule has 0 aliphatic carbocycles. The van der Waals surface area contributed by atoms with Crippen LogP contribution in [0.4, 0.5) is 5.69 Å². The molecule has 1 atom stereocenters. The molecule has 0 saturated heterocycles. The molecule has 0 fully saturated rings. The van der Waals surface area contributed by atoms with Crippen molar-refractivity contribution in [2.24, 2.45) is 0 Å². The van der Waals surface area contributed by atoms with Crippen LogP contribution in [0.5, 0.6) is 5.75 Å². The van der Waals surface area contributed by atoms with Gasteiger partial charge in [0.05, 0.1) is 4.90 Å². The summed E-state index contributed by atoms with van der Waals surface area (Å²) in [5.41, 5.74) is 2.08. The number of sulfonamides is 1. The van der Waals surface area contributed by atoms with E-state index in [0.29, 0.717) is 36.5 Å². The van der Waals surface area contributed by atoms with Gasteiger partial charge in [-0.1, -0.05) is 38.1 Å². The first-order valence-electron chi connectivity index (χ1n) is 9.03. The fraction of sp³-hybridized carbons (Fsp3) is 0.350. The lowest BCUT2D eigenvalue weighted by atomic mass is 10.1. The molecule has 0 saturated carbocycles. The van der Waals surface area contributed by atoms with Gasteiger partial charge in [-0.15, -0.1) is 0 Å². The number of aryl methyl sites for hydroxylation is 1. The summed E-state index contributed by atoms with van der Waals surface area (Å²) in [6.07, 6.45) is -0.120. The molecule has 1 aliphatic heterocycles. The van der Waals surface area contributed by atoms with Gasteiger partial charge >= 0.3 is 0 Å². The summed E-state index contributed by atoms with van der Waals surface area (Å²) in [6.45, 7) is 6.14. The number of benzene rings is 2. The van der Waals surface area contributed by atoms with Gasteiger partial charge in [0, 0.05) is 25.2 Å². The van der Waals surface area contributed by atoms with Gasteiger partial charge in [0.2, 0.25) is 10.0 Å². The molecular weight excluding hydrogens is 364 g/mol. The summed E-state index contributed by atoms with van der Waals surface area (Å²) in [5.74, 6) is 0.424. The number of hydrogen-bond donors (Lipinski definition) is 1. The van der Waals surface area contributed by atoms with Crippen LogP contribution in [0.3, 0.4) is 0 Å². The Morgan fingerprint density at radius 1 is 1.19 bits per heavy atom. The van der Waals surface area contributed by atoms with E-state index in [1.807, 2.05) is 24.3 Å². The number of para-hydroxylation sites is 1. The SMILES string of the molecule is CCN(CC)S(=O)(=O)c1cc(NC(=O)C2Cc3ccccc3O2)ccc1C. The Bertz CT molecular complexity index is 927. The molecule has 1 amide bonds. The highest BCUT2D eigenvalue weighted by Crippen LogP contribution is 2.29. The average Bonchev–Trinajstić information content (AvgIpc) is 3.08. The number of amides is 1. The van der Waals surface area contributed by atoms with Gasteiger partial charge in [0.25, 0.3) is 5.91 Å². The highest BCUT2D eigenvalue weighted by molar-refractivity contribution is 7.89. The van der Waals surface area contributed by atoms with E-state index in [2.05, 4.69) is 5.32 Å². The van der Waals surface area contributed by atoms with Crippen LogP contribution in [0, 0.1) is 6.92 Å². The van der Waals surface area contributed by atoms with Crippen molar-refractivity contribution < 1.29 is 17.9 Å². The summed E-state index contributed by atoms with van der Waals surface area (Å²) in [7, 11) is -3.60. The van der Waals surface area contributed by atoms with E-state index >= 15 is 0 Å². The second-order valence-corrected chi connectivity index (χ2v) is 8.38. The van der Waals surface area contributed by atoms with Crippen LogP contribution in [0.1, 0.15) is 25.0 Å². The van der Waals surface area contributed by atoms with Gasteiger partial charge in [-0.2, -0.15) is 4.31 Å². The first kappa shape index (κ1) is 19.4. The standard InChI is InChI=1S/C20H24N2O4S/c1-4-22(5-2)27(24,25)19-13-16(11-10-14(19)3)21-20(23)18-12-15-8-6-7-9-17(15)26-18/h6-11,13,18H,4-5,12H2,1-3H3,(H,21,23). The zero-order valence-electron chi connectivity index (χ0n) is 15.7. The second-order valence-electron chi connectivity index (χ2n) is 6.48. The monoisotopic (exact) mass is 388 g/mol. The molecule has 6 nitrogen and oxygen atoms in total. The van der Waals surface area contributed by atoms with Gasteiger partial charge in [-0.05, 0) is 36.2 Å². The third-order valence-corrected chi connectivity index (χ3v) is 6.91. The Kier molecular flexibility index (Phi) is 5.53. The van der Waals surface area contributed by atoms with Crippen molar-refractivity contribution in [3.8, 4) is 5.75 Å². The van der Waals surface area contributed by atoms with Gasteiger partial charge in [-0.3, -0.25) is 4.79 Å². The second kappa shape index (κ2) is 7.70. The summed E-state index contributed by atoms with van der Waals surface area (Å²) < 4.78 is 32.8. The van der Waals surface area contributed by atoms with Crippen LogP contribution in [0.2, 0.25) is 0 Å². The Hall–Kier alpha value is -2.38. The van der Waals surface area contributed by atoms with Crippen molar-refractivity contribution in [3.05, 3.63) is 53.6 Å². The molecule has 144 valence electrons. The number of fused-ring (bicyclic) bond motifs is 1. The molecule has 0 spiro atoms. The number of ether oxygens (including phenoxy) is 1. The molecule has 1 aliphatic rings. The summed E-state index contributed by atoms with van der Waals surface area (Å²) in [5, 5.41) is 2.79. The first-order chi connectivity index (χ1) is 12.9. The summed E-state index contributed by atoms with van der Waals surface area (Å²) >= 11 is 0. The molecule has 0 aromatic heterocycles. The zero-order chi connectivity index (χ0) is 19.6. The number of hydrogen-bond acceptors (Lipinski definition) is 4. The van der Waals surface area contributed by atoms with Gasteiger partial charge in [0.1, 0.15) is 5.75 Å². The minimum atomic E-state index is -3.60. The number of anilines is 1. The molecule has 1 N–H and O–H groups in total. The largest absolute Gasteiger partial charge is 0.480 e. The molecule has 27 heavy (non-hydrogen) atoms. The highest BCUT2D eigenvalue weighted by Gasteiger charge is 2.29. The normalized spacial score (nSPS) is 16.1. The molecule has 3 rings (SSSR count). The van der Waals surface area contributed by atoms with Gasteiger partial charge < -0.3 is 10.1 Å². The molecule has 1 unspecified atom stereocenters. The highest BCUT2D eigenvalue weighted by atomic mass is 32.2. The Balaban J connectivity index is 1.80. The lowest BCUT2D eigenvalue weighted by molar-refractivity contribution is -0.122. The van der Waals surface area contributed by atoms with E-state index in [4.69, 9.17) is 4.74 Å². The first-order valence-corrected chi connectivity index (χ1v) is 10.5. The van der Waals surface area contributed by atoms with Crippen molar-refractivity contribution in [1.82, 2.24) is 4.31 Å². The molecule has 1 heterocycles. The number of nitrogens with one attached hydrogen (secondary N) is 1. The number of nitrogens with zero attached hydrogens (tertiary/aromatic N) is 1. The molecule has 2 aromatic rings. The number of carbonyl (C=O) groups is 1. The molecule has 0 radical (unpaired) electrons. The predicted octanol–water partition coefficient (Wildman–Crippen LogP) is 2.97. The molecule has 0 bridgehead atoms. The Morgan fingerprint density at radius 2 is 1.89 bits per heavy atom. The number of rotatable bonds is 6. The van der Waals surface area contributed by atoms with E-state index in [9.17, 15) is 13.2 Å². The smallest absolute Gasteiger partial charge is 0.265 e. The minimum Gasteiger partial charge on any atom is -0.480 e. The van der Waals surface area contributed by atoms with Crippen molar-refractivity contribution in [1.29, 1.82) is 0 Å². The topological polar surface area (TPSA) is 75.7 Å². The third kappa shape index (κ3) is 3.84. The van der Waals surface area contributed by atoms with Crippen molar-refractivity contribution in [2.45, 2.75) is 38.2 Å². The molecular formula is C20H24N2O4S. The molecule has 2 aromatic carbocycles. The minimum absolute atomic E-state index is 0.208. The van der Waals surface area contributed by atoms with Crippen LogP contribution in [0.25, 0.3) is 0 Å². The maximum absolute atomic E-state index is 12.8. The zero-order valence-corrected chi connectivity index (χ0v) is 16.5. The van der Waals surface area contributed by atoms with Crippen molar-refractivity contribution >= 4 is 21.6 Å². The van der Waals surface area contributed by atoms with E-state index in [1.165, 1.54) is 10.4 Å². The van der Waals surface area contributed by atoms with Crippen LogP contribution < -0.4 is 10.1 Å². The van der Waals surface area contributed by atoms with Crippen LogP contribution in [-0.2, 0) is 21.2 Å². The van der Waals surface area contributed by atoms with Gasteiger partial charge in [0.15, 0.2) is 6.10 Å². The maximum Gasteiger partial charge on any atom is 0.265 e. The fourth-order valence-electron chi connectivity index (χ4n) is 3.21. The van der Waals surface area contributed by atoms with Crippen LogP contribution >= 0.6 is 0 Å². The lowest BCUT2D eigenvalue weighted by Gasteiger charge is -2.20. The summed E-state index contributed by atoms with van der Waals surface area (Å²) in [6, 6.07) is 12.5. The van der Waals surface area contributed by atoms with E-state index in [1.54, 1.807) is 32.9 Å². The summed E-state index contributed by atoms with van der Waals surface area (Å²) in [4.78, 5) is 12.8. The van der Waals surface area contributed by atoms with Crippen LogP contribution in [-0.4, -0.2) is 37.8 Å². The van der Waals surface area contributed by atoms with E-state index in [-0.39, 0.29) is 10.8 Å². The van der Waals surface area contributed by atoms with Crippen molar-refractivity contribution in [2.75, 3.05) is 18.4 Å². The third-order valence-electron chi connectivity index (χ3n) is 4.72. The van der Waals surface area contributed by atoms with E-state index < -0.39 is 16.1 Å². The quantitative estimate of drug-likeness (QED) is 0.825. The lowest BCUT2D eigenvalue weighted by Crippen LogP contribution is -2.32. The van der Waals surface area contributed by atoms with E-state index in [0.717, 1.165) is 5.56 Å². The average molecular weight is 388 g/mol. The predicted molar refractivity (Wildman–Crippen MR) is 104 cm³/mol. The Labute approximate surface area is 160 Å². The van der Waals surface area contributed by atoms with Crippen LogP contribution in [0.15, 0.2) is 47.4 Å². The molecule has 7 heteroatoms. The maximum atomic E-state index is 12.8. The number of carbonyl (C=O) groups excluding carboxylic acids is 1. The Morgan fingerprint density at radius 3 is 2.56 bits per heavy atom. The fourth-order valence-corrected chi connectivity index (χ4v) is 4.92. The van der Waals surface area contributed by atoms with Crippen molar-refractivity contribution in [3.63, 3.8) is 0 Å².